The normalized spacial score (nSPS) is 11.8. The van der Waals surface area contributed by atoms with Crippen LogP contribution in [0.5, 0.6) is 0 Å². The summed E-state index contributed by atoms with van der Waals surface area (Å²) in [5.74, 6) is 0. The molecule has 0 radical (unpaired) electrons. The SMILES string of the molecule is c1ccc(-c2ccc3c(c2)sc2c(-c4ccccc4)ccc(N(c4ccc5oc6ccccc6c5c4)c4cc(-c5ccccc5)cc5sc6ccccc6c45)c23)cc1. The lowest BCUT2D eigenvalue weighted by atomic mass is 9.97. The Hall–Kier alpha value is -6.98. The van der Waals surface area contributed by atoms with Gasteiger partial charge in [0.05, 0.1) is 11.4 Å². The van der Waals surface area contributed by atoms with Crippen molar-refractivity contribution in [3.05, 3.63) is 200 Å². The van der Waals surface area contributed by atoms with E-state index in [0.717, 1.165) is 39.0 Å². The quantitative estimate of drug-likeness (QED) is 0.167. The highest BCUT2D eigenvalue weighted by molar-refractivity contribution is 7.26. The highest BCUT2D eigenvalue weighted by atomic mass is 32.1. The van der Waals surface area contributed by atoms with E-state index in [1.807, 2.05) is 28.7 Å². The van der Waals surface area contributed by atoms with Gasteiger partial charge in [-0.25, -0.2) is 0 Å². The number of furan rings is 1. The molecule has 12 rings (SSSR count). The molecule has 58 heavy (non-hydrogen) atoms. The number of benzene rings is 9. The number of thiophene rings is 2. The molecule has 0 spiro atoms. The lowest BCUT2D eigenvalue weighted by molar-refractivity contribution is 0.669. The van der Waals surface area contributed by atoms with Crippen molar-refractivity contribution in [3.63, 3.8) is 0 Å². The van der Waals surface area contributed by atoms with Gasteiger partial charge in [0.15, 0.2) is 0 Å². The second-order valence-corrected chi connectivity index (χ2v) is 17.0. The molecular formula is C54H33NOS2. The summed E-state index contributed by atoms with van der Waals surface area (Å²) in [5, 5.41) is 7.22. The van der Waals surface area contributed by atoms with E-state index in [-0.39, 0.29) is 0 Å². The second-order valence-electron chi connectivity index (χ2n) is 14.8. The minimum atomic E-state index is 0.882. The number of nitrogens with zero attached hydrogens (tertiary/aromatic N) is 1. The minimum absolute atomic E-state index is 0.882. The molecule has 0 atom stereocenters. The standard InChI is InChI=1S/C54H33NOS2/c1-4-14-34(15-5-1)37-24-26-43-50(31-37)58-54-40(36-18-8-3-9-19-36)27-28-45(53(43)54)55(39-25-29-48-44(33-39)41-20-10-12-22-47(41)56-48)46-30-38(35-16-6-2-7-17-35)32-51-52(46)42-21-11-13-23-49(42)57-51/h1-33H. The van der Waals surface area contributed by atoms with E-state index in [4.69, 9.17) is 4.42 Å². The zero-order valence-corrected chi connectivity index (χ0v) is 32.9. The van der Waals surface area contributed by atoms with E-state index in [1.54, 1.807) is 0 Å². The molecule has 3 heterocycles. The van der Waals surface area contributed by atoms with Crippen LogP contribution in [0.2, 0.25) is 0 Å². The summed E-state index contributed by atoms with van der Waals surface area (Å²) in [7, 11) is 0. The third-order valence-electron chi connectivity index (χ3n) is 11.5. The van der Waals surface area contributed by atoms with Crippen LogP contribution in [0.1, 0.15) is 0 Å². The summed E-state index contributed by atoms with van der Waals surface area (Å²) >= 11 is 3.75. The van der Waals surface area contributed by atoms with E-state index in [1.165, 1.54) is 73.7 Å². The number of anilines is 3. The Labute approximate surface area is 343 Å². The van der Waals surface area contributed by atoms with Crippen molar-refractivity contribution in [2.45, 2.75) is 0 Å². The van der Waals surface area contributed by atoms with Crippen LogP contribution < -0.4 is 4.90 Å². The Bertz CT molecular complexity index is 3510. The third kappa shape index (κ3) is 5.30. The lowest BCUT2D eigenvalue weighted by Gasteiger charge is -2.28. The average molecular weight is 776 g/mol. The molecule has 0 fully saturated rings. The fraction of sp³-hybridized carbons (Fsp3) is 0. The molecule has 2 nitrogen and oxygen atoms in total. The van der Waals surface area contributed by atoms with Crippen LogP contribution in [-0.4, -0.2) is 0 Å². The third-order valence-corrected chi connectivity index (χ3v) is 13.8. The minimum Gasteiger partial charge on any atom is -0.456 e. The van der Waals surface area contributed by atoms with E-state index >= 15 is 0 Å². The zero-order valence-electron chi connectivity index (χ0n) is 31.2. The average Bonchev–Trinajstić information content (AvgIpc) is 3.98. The highest BCUT2D eigenvalue weighted by Crippen LogP contribution is 2.52. The van der Waals surface area contributed by atoms with Gasteiger partial charge in [-0.1, -0.05) is 146 Å². The van der Waals surface area contributed by atoms with Crippen molar-refractivity contribution >= 4 is 102 Å². The first kappa shape index (κ1) is 33.2. The fourth-order valence-corrected chi connectivity index (χ4v) is 11.2. The van der Waals surface area contributed by atoms with E-state index < -0.39 is 0 Å². The van der Waals surface area contributed by atoms with Crippen molar-refractivity contribution < 1.29 is 4.42 Å². The molecule has 272 valence electrons. The van der Waals surface area contributed by atoms with Crippen molar-refractivity contribution in [3.8, 4) is 33.4 Å². The Morgan fingerprint density at radius 3 is 1.78 bits per heavy atom. The molecule has 0 amide bonds. The molecular weight excluding hydrogens is 743 g/mol. The van der Waals surface area contributed by atoms with E-state index in [0.29, 0.717) is 0 Å². The number of hydrogen-bond acceptors (Lipinski definition) is 4. The van der Waals surface area contributed by atoms with Crippen LogP contribution in [0.15, 0.2) is 205 Å². The van der Waals surface area contributed by atoms with Crippen LogP contribution in [-0.2, 0) is 0 Å². The molecule has 0 saturated carbocycles. The largest absolute Gasteiger partial charge is 0.456 e. The molecule has 4 heteroatoms. The van der Waals surface area contributed by atoms with Crippen molar-refractivity contribution in [2.24, 2.45) is 0 Å². The summed E-state index contributed by atoms with van der Waals surface area (Å²) in [4.78, 5) is 2.53. The van der Waals surface area contributed by atoms with E-state index in [2.05, 4.69) is 199 Å². The summed E-state index contributed by atoms with van der Waals surface area (Å²) in [5.41, 5.74) is 12.4. The topological polar surface area (TPSA) is 16.4 Å². The van der Waals surface area contributed by atoms with Gasteiger partial charge in [0, 0.05) is 56.8 Å². The van der Waals surface area contributed by atoms with Gasteiger partial charge in [0.25, 0.3) is 0 Å². The smallest absolute Gasteiger partial charge is 0.135 e. The first-order valence-electron chi connectivity index (χ1n) is 19.6. The summed E-state index contributed by atoms with van der Waals surface area (Å²) < 4.78 is 11.5. The predicted molar refractivity (Wildman–Crippen MR) is 250 cm³/mol. The van der Waals surface area contributed by atoms with Crippen LogP contribution in [0.3, 0.4) is 0 Å². The molecule has 0 N–H and O–H groups in total. The second kappa shape index (κ2) is 13.3. The highest BCUT2D eigenvalue weighted by Gasteiger charge is 2.25. The number of fused-ring (bicyclic) bond motifs is 9. The maximum atomic E-state index is 6.40. The van der Waals surface area contributed by atoms with Crippen LogP contribution in [0.4, 0.5) is 17.1 Å². The summed E-state index contributed by atoms with van der Waals surface area (Å²) in [6.45, 7) is 0. The van der Waals surface area contributed by atoms with Gasteiger partial charge in [-0.15, -0.1) is 22.7 Å². The molecule has 0 bridgehead atoms. The molecule has 0 aliphatic rings. The molecule has 3 aromatic heterocycles. The monoisotopic (exact) mass is 775 g/mol. The fourth-order valence-electron chi connectivity index (χ4n) is 8.77. The maximum absolute atomic E-state index is 6.40. The van der Waals surface area contributed by atoms with Gasteiger partial charge in [-0.05, 0) is 88.0 Å². The summed E-state index contributed by atoms with van der Waals surface area (Å²) in [6, 6.07) is 72.8. The number of rotatable bonds is 6. The van der Waals surface area contributed by atoms with Gasteiger partial charge >= 0.3 is 0 Å². The van der Waals surface area contributed by atoms with Crippen molar-refractivity contribution in [1.82, 2.24) is 0 Å². The molecule has 0 aliphatic heterocycles. The van der Waals surface area contributed by atoms with Gasteiger partial charge in [-0.3, -0.25) is 0 Å². The van der Waals surface area contributed by atoms with E-state index in [9.17, 15) is 0 Å². The van der Waals surface area contributed by atoms with Crippen molar-refractivity contribution in [2.75, 3.05) is 4.90 Å². The Kier molecular flexibility index (Phi) is 7.62. The van der Waals surface area contributed by atoms with Gasteiger partial charge < -0.3 is 9.32 Å². The predicted octanol–water partition coefficient (Wildman–Crippen LogP) is 16.8. The molecule has 0 saturated heterocycles. The number of para-hydroxylation sites is 1. The zero-order chi connectivity index (χ0) is 38.2. The first-order chi connectivity index (χ1) is 28.7. The molecule has 0 unspecified atom stereocenters. The van der Waals surface area contributed by atoms with Gasteiger partial charge in [-0.2, -0.15) is 0 Å². The first-order valence-corrected chi connectivity index (χ1v) is 21.2. The van der Waals surface area contributed by atoms with Gasteiger partial charge in [0.2, 0.25) is 0 Å². The summed E-state index contributed by atoms with van der Waals surface area (Å²) in [6.07, 6.45) is 0. The van der Waals surface area contributed by atoms with Crippen molar-refractivity contribution in [1.29, 1.82) is 0 Å². The van der Waals surface area contributed by atoms with Crippen LogP contribution >= 0.6 is 22.7 Å². The lowest BCUT2D eigenvalue weighted by Crippen LogP contribution is -2.11. The van der Waals surface area contributed by atoms with Gasteiger partial charge in [0.1, 0.15) is 11.2 Å². The Balaban J connectivity index is 1.22. The van der Waals surface area contributed by atoms with Crippen LogP contribution in [0, 0.1) is 0 Å². The number of hydrogen-bond donors (Lipinski definition) is 0. The molecule has 0 aliphatic carbocycles. The molecule has 12 aromatic rings. The molecule has 9 aromatic carbocycles. The maximum Gasteiger partial charge on any atom is 0.135 e. The Morgan fingerprint density at radius 1 is 0.345 bits per heavy atom. The Morgan fingerprint density at radius 2 is 0.983 bits per heavy atom. The van der Waals surface area contributed by atoms with Crippen LogP contribution in [0.25, 0.3) is 95.7 Å².